The van der Waals surface area contributed by atoms with Gasteiger partial charge < -0.3 is 5.32 Å². The largest absolute Gasteiger partial charge is 0.345 e. The second kappa shape index (κ2) is 8.20. The highest BCUT2D eigenvalue weighted by atomic mass is 19.1. The van der Waals surface area contributed by atoms with Crippen LogP contribution < -0.4 is 5.32 Å². The molecule has 2 aromatic carbocycles. The van der Waals surface area contributed by atoms with Crippen molar-refractivity contribution >= 4 is 5.91 Å². The third-order valence-corrected chi connectivity index (χ3v) is 4.03. The minimum Gasteiger partial charge on any atom is -0.345 e. The molecule has 25 heavy (non-hydrogen) atoms. The van der Waals surface area contributed by atoms with Crippen molar-refractivity contribution in [3.8, 4) is 0 Å². The molecule has 1 amide bonds. The highest BCUT2D eigenvalue weighted by molar-refractivity contribution is 5.77. The molecule has 3 nitrogen and oxygen atoms in total. The number of carbonyl (C=O) groups is 1. The molecule has 1 atom stereocenters. The average molecular weight is 334 g/mol. The van der Waals surface area contributed by atoms with Crippen LogP contribution >= 0.6 is 0 Å². The van der Waals surface area contributed by atoms with Crippen molar-refractivity contribution in [2.24, 2.45) is 0 Å². The highest BCUT2D eigenvalue weighted by Gasteiger charge is 2.17. The number of benzene rings is 2. The fourth-order valence-corrected chi connectivity index (χ4v) is 2.71. The van der Waals surface area contributed by atoms with Gasteiger partial charge in [-0.3, -0.25) is 9.78 Å². The van der Waals surface area contributed by atoms with Crippen LogP contribution in [-0.2, 0) is 11.2 Å². The average Bonchev–Trinajstić information content (AvgIpc) is 2.67. The molecule has 0 radical (unpaired) electrons. The Bertz CT molecular complexity index is 804. The summed E-state index contributed by atoms with van der Waals surface area (Å²) in [4.78, 5) is 16.5. The number of amides is 1. The maximum atomic E-state index is 13.2. The van der Waals surface area contributed by atoms with Crippen LogP contribution in [0, 0.1) is 5.82 Å². The Balaban J connectivity index is 1.73. The molecular weight excluding hydrogens is 315 g/mol. The number of aromatic nitrogens is 1. The van der Waals surface area contributed by atoms with Crippen molar-refractivity contribution in [1.29, 1.82) is 0 Å². The van der Waals surface area contributed by atoms with Crippen molar-refractivity contribution < 1.29 is 9.18 Å². The Morgan fingerprint density at radius 1 is 0.920 bits per heavy atom. The van der Waals surface area contributed by atoms with Crippen LogP contribution in [0.5, 0.6) is 0 Å². The standard InChI is InChI=1S/C21H19FN2O/c22-19-9-7-17(8-10-19)21(18-12-14-23-15-13-18)24-20(25)11-6-16-4-2-1-3-5-16/h1-5,7-10,12-15,21H,6,11H2,(H,24,25). The van der Waals surface area contributed by atoms with Crippen molar-refractivity contribution in [3.05, 3.63) is 102 Å². The van der Waals surface area contributed by atoms with E-state index in [9.17, 15) is 9.18 Å². The molecule has 0 aliphatic carbocycles. The van der Waals surface area contributed by atoms with Gasteiger partial charge in [-0.2, -0.15) is 0 Å². The van der Waals surface area contributed by atoms with E-state index in [0.717, 1.165) is 16.7 Å². The first-order chi connectivity index (χ1) is 12.2. The zero-order chi connectivity index (χ0) is 17.5. The molecule has 1 unspecified atom stereocenters. The summed E-state index contributed by atoms with van der Waals surface area (Å²) in [7, 11) is 0. The zero-order valence-corrected chi connectivity index (χ0v) is 13.7. The first-order valence-electron chi connectivity index (χ1n) is 8.21. The second-order valence-corrected chi connectivity index (χ2v) is 5.82. The lowest BCUT2D eigenvalue weighted by atomic mass is 9.99. The number of hydrogen-bond acceptors (Lipinski definition) is 2. The van der Waals surface area contributed by atoms with Crippen molar-refractivity contribution in [2.45, 2.75) is 18.9 Å². The molecule has 0 aliphatic rings. The van der Waals surface area contributed by atoms with Crippen molar-refractivity contribution in [3.63, 3.8) is 0 Å². The van der Waals surface area contributed by atoms with Crippen LogP contribution in [0.1, 0.15) is 29.2 Å². The quantitative estimate of drug-likeness (QED) is 0.739. The molecule has 0 saturated carbocycles. The van der Waals surface area contributed by atoms with Crippen LogP contribution in [0.3, 0.4) is 0 Å². The molecule has 0 spiro atoms. The Morgan fingerprint density at radius 3 is 2.24 bits per heavy atom. The van der Waals surface area contributed by atoms with Gasteiger partial charge in [0.15, 0.2) is 0 Å². The Kier molecular flexibility index (Phi) is 5.52. The Hall–Kier alpha value is -3.01. The molecule has 0 fully saturated rings. The van der Waals surface area contributed by atoms with E-state index >= 15 is 0 Å². The van der Waals surface area contributed by atoms with Crippen molar-refractivity contribution in [2.75, 3.05) is 0 Å². The third-order valence-electron chi connectivity index (χ3n) is 4.03. The number of nitrogens with one attached hydrogen (secondary N) is 1. The van der Waals surface area contributed by atoms with Gasteiger partial charge in [-0.1, -0.05) is 42.5 Å². The summed E-state index contributed by atoms with van der Waals surface area (Å²) in [5.74, 6) is -0.345. The summed E-state index contributed by atoms with van der Waals surface area (Å²) in [6.45, 7) is 0. The van der Waals surface area contributed by atoms with Gasteiger partial charge in [0, 0.05) is 18.8 Å². The fourth-order valence-electron chi connectivity index (χ4n) is 2.71. The number of hydrogen-bond donors (Lipinski definition) is 1. The summed E-state index contributed by atoms with van der Waals surface area (Å²) in [6.07, 6.45) is 4.44. The molecule has 126 valence electrons. The van der Waals surface area contributed by atoms with Crippen molar-refractivity contribution in [1.82, 2.24) is 10.3 Å². The molecular formula is C21H19FN2O. The SMILES string of the molecule is O=C(CCc1ccccc1)NC(c1ccncc1)c1ccc(F)cc1. The molecule has 3 aromatic rings. The van der Waals surface area contributed by atoms with Crippen LogP contribution in [0.2, 0.25) is 0 Å². The zero-order valence-electron chi connectivity index (χ0n) is 13.7. The first kappa shape index (κ1) is 16.8. The van der Waals surface area contributed by atoms with Gasteiger partial charge in [-0.15, -0.1) is 0 Å². The van der Waals surface area contributed by atoms with Crippen LogP contribution in [0.15, 0.2) is 79.1 Å². The molecule has 1 heterocycles. The van der Waals surface area contributed by atoms with Gasteiger partial charge in [0.25, 0.3) is 0 Å². The summed E-state index contributed by atoms with van der Waals surface area (Å²) < 4.78 is 13.2. The Morgan fingerprint density at radius 2 is 1.56 bits per heavy atom. The molecule has 0 bridgehead atoms. The number of aryl methyl sites for hydroxylation is 1. The van der Waals surface area contributed by atoms with E-state index in [-0.39, 0.29) is 17.8 Å². The molecule has 0 saturated heterocycles. The van der Waals surface area contributed by atoms with Gasteiger partial charge >= 0.3 is 0 Å². The van der Waals surface area contributed by atoms with Gasteiger partial charge in [-0.25, -0.2) is 4.39 Å². The number of pyridine rings is 1. The topological polar surface area (TPSA) is 42.0 Å². The van der Waals surface area contributed by atoms with E-state index in [4.69, 9.17) is 0 Å². The van der Waals surface area contributed by atoms with E-state index in [1.807, 2.05) is 42.5 Å². The summed E-state index contributed by atoms with van der Waals surface area (Å²) in [6, 6.07) is 19.5. The summed E-state index contributed by atoms with van der Waals surface area (Å²) in [5.41, 5.74) is 2.87. The fraction of sp³-hybridized carbons (Fsp3) is 0.143. The second-order valence-electron chi connectivity index (χ2n) is 5.82. The monoisotopic (exact) mass is 334 g/mol. The number of halogens is 1. The molecule has 1 aromatic heterocycles. The van der Waals surface area contributed by atoms with E-state index in [0.29, 0.717) is 12.8 Å². The maximum absolute atomic E-state index is 13.2. The van der Waals surface area contributed by atoms with E-state index < -0.39 is 0 Å². The predicted molar refractivity (Wildman–Crippen MR) is 95.4 cm³/mol. The lowest BCUT2D eigenvalue weighted by Gasteiger charge is -2.20. The van der Waals surface area contributed by atoms with Crippen LogP contribution in [0.25, 0.3) is 0 Å². The van der Waals surface area contributed by atoms with Gasteiger partial charge in [0.2, 0.25) is 5.91 Å². The van der Waals surface area contributed by atoms with Gasteiger partial charge in [0.05, 0.1) is 6.04 Å². The molecule has 1 N–H and O–H groups in total. The molecule has 0 aliphatic heterocycles. The molecule has 4 heteroatoms. The third kappa shape index (κ3) is 4.73. The smallest absolute Gasteiger partial charge is 0.221 e. The van der Waals surface area contributed by atoms with E-state index in [1.165, 1.54) is 12.1 Å². The normalized spacial score (nSPS) is 11.7. The lowest BCUT2D eigenvalue weighted by molar-refractivity contribution is -0.121. The maximum Gasteiger partial charge on any atom is 0.221 e. The Labute approximate surface area is 146 Å². The number of carbonyl (C=O) groups excluding carboxylic acids is 1. The number of nitrogens with zero attached hydrogens (tertiary/aromatic N) is 1. The highest BCUT2D eigenvalue weighted by Crippen LogP contribution is 2.22. The van der Waals surface area contributed by atoms with Gasteiger partial charge in [0.1, 0.15) is 5.82 Å². The minimum atomic E-state index is -0.327. The van der Waals surface area contributed by atoms with E-state index in [1.54, 1.807) is 24.5 Å². The predicted octanol–water partition coefficient (Wildman–Crippen LogP) is 4.06. The van der Waals surface area contributed by atoms with Crippen LogP contribution in [0.4, 0.5) is 4.39 Å². The van der Waals surface area contributed by atoms with E-state index in [2.05, 4.69) is 10.3 Å². The summed E-state index contributed by atoms with van der Waals surface area (Å²) in [5, 5.41) is 3.05. The summed E-state index contributed by atoms with van der Waals surface area (Å²) >= 11 is 0. The first-order valence-corrected chi connectivity index (χ1v) is 8.21. The lowest BCUT2D eigenvalue weighted by Crippen LogP contribution is -2.29. The minimum absolute atomic E-state index is 0.0463. The van der Waals surface area contributed by atoms with Gasteiger partial charge in [-0.05, 0) is 47.4 Å². The van der Waals surface area contributed by atoms with Crippen LogP contribution in [-0.4, -0.2) is 10.9 Å². The molecule has 3 rings (SSSR count). The number of rotatable bonds is 6.